The summed E-state index contributed by atoms with van der Waals surface area (Å²) in [5.74, 6) is 1.44. The molecule has 0 saturated carbocycles. The molecule has 1 heterocycles. The van der Waals surface area contributed by atoms with Crippen LogP contribution in [0, 0.1) is 19.7 Å². The average molecular weight is 387 g/mol. The predicted octanol–water partition coefficient (Wildman–Crippen LogP) is 5.48. The number of aromatic nitrogens is 2. The van der Waals surface area contributed by atoms with Gasteiger partial charge in [0, 0.05) is 16.2 Å². The molecule has 122 valence electrons. The van der Waals surface area contributed by atoms with Gasteiger partial charge in [0.15, 0.2) is 0 Å². The zero-order chi connectivity index (χ0) is 17.1. The summed E-state index contributed by atoms with van der Waals surface area (Å²) in [6.07, 6.45) is 0. The number of aryl methyl sites for hydroxylation is 2. The molecular weight excluding hydrogens is 371 g/mol. The highest BCUT2D eigenvalue weighted by Gasteiger charge is 2.07. The fraction of sp³-hybridized carbons (Fsp3) is 0.111. The number of hydrogen-bond donors (Lipinski definition) is 2. The fourth-order valence-corrected chi connectivity index (χ4v) is 2.78. The van der Waals surface area contributed by atoms with Gasteiger partial charge in [-0.2, -0.15) is 0 Å². The summed E-state index contributed by atoms with van der Waals surface area (Å²) in [4.78, 5) is 8.70. The van der Waals surface area contributed by atoms with Gasteiger partial charge in [0.25, 0.3) is 0 Å². The van der Waals surface area contributed by atoms with E-state index in [1.165, 1.54) is 6.07 Å². The Morgan fingerprint density at radius 3 is 2.21 bits per heavy atom. The Morgan fingerprint density at radius 2 is 1.54 bits per heavy atom. The van der Waals surface area contributed by atoms with E-state index in [1.54, 1.807) is 31.2 Å². The van der Waals surface area contributed by atoms with E-state index in [9.17, 15) is 4.39 Å². The first-order chi connectivity index (χ1) is 11.5. The van der Waals surface area contributed by atoms with Gasteiger partial charge in [0.2, 0.25) is 0 Å². The van der Waals surface area contributed by atoms with Gasteiger partial charge in [-0.3, -0.25) is 0 Å². The lowest BCUT2D eigenvalue weighted by Gasteiger charge is -2.12. The van der Waals surface area contributed by atoms with Gasteiger partial charge in [0.05, 0.1) is 5.69 Å². The smallest absolute Gasteiger partial charge is 0.146 e. The zero-order valence-electron chi connectivity index (χ0n) is 13.3. The third kappa shape index (κ3) is 3.89. The largest absolute Gasteiger partial charge is 0.340 e. The van der Waals surface area contributed by atoms with Gasteiger partial charge in [-0.25, -0.2) is 14.4 Å². The van der Waals surface area contributed by atoms with Crippen molar-refractivity contribution in [1.29, 1.82) is 0 Å². The number of nitrogens with zero attached hydrogens (tertiary/aromatic N) is 2. The Morgan fingerprint density at radius 1 is 0.875 bits per heavy atom. The molecule has 0 aliphatic rings. The van der Waals surface area contributed by atoms with Crippen LogP contribution in [0.25, 0.3) is 0 Å². The zero-order valence-corrected chi connectivity index (χ0v) is 14.9. The SMILES string of the molecule is Cc1nc(Nc2ccc(Br)cc2C)cc(Nc2ccccc2F)n1. The van der Waals surface area contributed by atoms with Crippen LogP contribution in [0.2, 0.25) is 0 Å². The van der Waals surface area contributed by atoms with Gasteiger partial charge in [-0.05, 0) is 49.7 Å². The molecule has 0 radical (unpaired) electrons. The van der Waals surface area contributed by atoms with Gasteiger partial charge in [-0.1, -0.05) is 28.1 Å². The minimum absolute atomic E-state index is 0.327. The molecule has 24 heavy (non-hydrogen) atoms. The maximum absolute atomic E-state index is 13.8. The van der Waals surface area contributed by atoms with E-state index in [-0.39, 0.29) is 5.82 Å². The van der Waals surface area contributed by atoms with Crippen molar-refractivity contribution in [1.82, 2.24) is 9.97 Å². The van der Waals surface area contributed by atoms with Crippen LogP contribution in [0.3, 0.4) is 0 Å². The van der Waals surface area contributed by atoms with Crippen molar-refractivity contribution in [3.05, 3.63) is 70.2 Å². The van der Waals surface area contributed by atoms with E-state index < -0.39 is 0 Å². The molecule has 3 aromatic rings. The minimum Gasteiger partial charge on any atom is -0.340 e. The minimum atomic E-state index is -0.327. The standard InChI is InChI=1S/C18H16BrFN4/c1-11-9-13(19)7-8-15(11)23-17-10-18(22-12(2)21-17)24-16-6-4-3-5-14(16)20/h3-10H,1-2H3,(H2,21,22,23,24). The van der Waals surface area contributed by atoms with E-state index in [1.807, 2.05) is 25.1 Å². The Bertz CT molecular complexity index is 883. The summed E-state index contributed by atoms with van der Waals surface area (Å²) in [5, 5.41) is 6.26. The number of benzene rings is 2. The third-order valence-electron chi connectivity index (χ3n) is 3.43. The van der Waals surface area contributed by atoms with Crippen molar-refractivity contribution >= 4 is 38.9 Å². The normalized spacial score (nSPS) is 10.5. The number of rotatable bonds is 4. The number of halogens is 2. The second-order valence-corrected chi connectivity index (χ2v) is 6.29. The molecule has 4 nitrogen and oxygen atoms in total. The molecule has 0 bridgehead atoms. The lowest BCUT2D eigenvalue weighted by Crippen LogP contribution is -2.03. The molecule has 0 atom stereocenters. The molecule has 3 rings (SSSR count). The lowest BCUT2D eigenvalue weighted by atomic mass is 10.2. The van der Waals surface area contributed by atoms with Crippen LogP contribution in [0.4, 0.5) is 27.4 Å². The Labute approximate surface area is 148 Å². The Hall–Kier alpha value is -2.47. The summed E-state index contributed by atoms with van der Waals surface area (Å²) < 4.78 is 14.8. The van der Waals surface area contributed by atoms with Crippen molar-refractivity contribution in [2.45, 2.75) is 13.8 Å². The molecule has 0 saturated heterocycles. The van der Waals surface area contributed by atoms with Crippen LogP contribution < -0.4 is 10.6 Å². The summed E-state index contributed by atoms with van der Waals surface area (Å²) >= 11 is 3.45. The number of nitrogens with one attached hydrogen (secondary N) is 2. The summed E-state index contributed by atoms with van der Waals surface area (Å²) in [6.45, 7) is 3.81. The molecule has 0 amide bonds. The number of hydrogen-bond acceptors (Lipinski definition) is 4. The third-order valence-corrected chi connectivity index (χ3v) is 3.92. The van der Waals surface area contributed by atoms with Crippen LogP contribution >= 0.6 is 15.9 Å². The molecular formula is C18H16BrFN4. The monoisotopic (exact) mass is 386 g/mol. The molecule has 0 aliphatic heterocycles. The topological polar surface area (TPSA) is 49.8 Å². The quantitative estimate of drug-likeness (QED) is 0.622. The van der Waals surface area contributed by atoms with E-state index in [4.69, 9.17) is 0 Å². The van der Waals surface area contributed by atoms with E-state index in [0.29, 0.717) is 23.1 Å². The summed E-state index contributed by atoms with van der Waals surface area (Å²) in [5.41, 5.74) is 2.42. The highest BCUT2D eigenvalue weighted by molar-refractivity contribution is 9.10. The molecule has 0 spiro atoms. The first-order valence-corrected chi connectivity index (χ1v) is 8.21. The van der Waals surface area contributed by atoms with Gasteiger partial charge < -0.3 is 10.6 Å². The van der Waals surface area contributed by atoms with Gasteiger partial charge >= 0.3 is 0 Å². The molecule has 2 aromatic carbocycles. The Kier molecular flexibility index (Phi) is 4.76. The van der Waals surface area contributed by atoms with Crippen LogP contribution in [0.1, 0.15) is 11.4 Å². The lowest BCUT2D eigenvalue weighted by molar-refractivity contribution is 0.632. The molecule has 6 heteroatoms. The maximum atomic E-state index is 13.8. The molecule has 0 fully saturated rings. The molecule has 2 N–H and O–H groups in total. The molecule has 0 unspecified atom stereocenters. The van der Waals surface area contributed by atoms with Gasteiger partial charge in [0.1, 0.15) is 23.3 Å². The van der Waals surface area contributed by atoms with Crippen LogP contribution in [0.5, 0.6) is 0 Å². The highest BCUT2D eigenvalue weighted by Crippen LogP contribution is 2.25. The second kappa shape index (κ2) is 6.97. The van der Waals surface area contributed by atoms with Crippen LogP contribution in [0.15, 0.2) is 53.0 Å². The Balaban J connectivity index is 1.87. The molecule has 1 aromatic heterocycles. The van der Waals surface area contributed by atoms with Gasteiger partial charge in [-0.15, -0.1) is 0 Å². The van der Waals surface area contributed by atoms with Crippen molar-refractivity contribution in [2.24, 2.45) is 0 Å². The van der Waals surface area contributed by atoms with E-state index in [0.717, 1.165) is 15.7 Å². The summed E-state index contributed by atoms with van der Waals surface area (Å²) in [6, 6.07) is 14.2. The summed E-state index contributed by atoms with van der Waals surface area (Å²) in [7, 11) is 0. The maximum Gasteiger partial charge on any atom is 0.146 e. The fourth-order valence-electron chi connectivity index (χ4n) is 2.30. The number of anilines is 4. The van der Waals surface area contributed by atoms with E-state index in [2.05, 4.69) is 36.5 Å². The molecule has 0 aliphatic carbocycles. The van der Waals surface area contributed by atoms with E-state index >= 15 is 0 Å². The van der Waals surface area contributed by atoms with Crippen molar-refractivity contribution in [3.8, 4) is 0 Å². The predicted molar refractivity (Wildman–Crippen MR) is 98.6 cm³/mol. The highest BCUT2D eigenvalue weighted by atomic mass is 79.9. The van der Waals surface area contributed by atoms with Crippen LogP contribution in [-0.2, 0) is 0 Å². The second-order valence-electron chi connectivity index (χ2n) is 5.37. The average Bonchev–Trinajstić information content (AvgIpc) is 2.52. The van der Waals surface area contributed by atoms with Crippen molar-refractivity contribution in [3.63, 3.8) is 0 Å². The van der Waals surface area contributed by atoms with Crippen molar-refractivity contribution < 1.29 is 4.39 Å². The van der Waals surface area contributed by atoms with Crippen LogP contribution in [-0.4, -0.2) is 9.97 Å². The first kappa shape index (κ1) is 16.4. The van der Waals surface area contributed by atoms with Crippen molar-refractivity contribution in [2.75, 3.05) is 10.6 Å². The number of para-hydroxylation sites is 1. The first-order valence-electron chi connectivity index (χ1n) is 7.42.